The second-order valence-corrected chi connectivity index (χ2v) is 6.39. The van der Waals surface area contributed by atoms with Gasteiger partial charge in [0.25, 0.3) is 0 Å². The van der Waals surface area contributed by atoms with Gasteiger partial charge in [-0.1, -0.05) is 13.0 Å². The van der Waals surface area contributed by atoms with Gasteiger partial charge in [0.15, 0.2) is 0 Å². The van der Waals surface area contributed by atoms with Crippen molar-refractivity contribution in [3.8, 4) is 0 Å². The Morgan fingerprint density at radius 1 is 1.50 bits per heavy atom. The number of nitrogens with two attached hydrogens (primary N) is 1. The summed E-state index contributed by atoms with van der Waals surface area (Å²) in [5.41, 5.74) is 7.24. The SMILES string of the molecule is CCC(N)Cc1cccnc1N1CCS(=O)CC1. The minimum atomic E-state index is -0.648. The van der Waals surface area contributed by atoms with Gasteiger partial charge in [0.1, 0.15) is 5.82 Å². The summed E-state index contributed by atoms with van der Waals surface area (Å²) < 4.78 is 11.4. The van der Waals surface area contributed by atoms with E-state index in [1.54, 1.807) is 0 Å². The number of hydrogen-bond acceptors (Lipinski definition) is 4. The molecule has 18 heavy (non-hydrogen) atoms. The average Bonchev–Trinajstić information content (AvgIpc) is 2.40. The monoisotopic (exact) mass is 267 g/mol. The molecule has 4 nitrogen and oxygen atoms in total. The smallest absolute Gasteiger partial charge is 0.131 e. The number of hydrogen-bond donors (Lipinski definition) is 1. The van der Waals surface area contributed by atoms with E-state index in [2.05, 4.69) is 22.9 Å². The molecule has 0 radical (unpaired) electrons. The Morgan fingerprint density at radius 3 is 2.89 bits per heavy atom. The molecule has 5 heteroatoms. The molecule has 1 fully saturated rings. The van der Waals surface area contributed by atoms with E-state index in [0.717, 1.165) is 43.3 Å². The number of rotatable bonds is 4. The lowest BCUT2D eigenvalue weighted by molar-refractivity contribution is 0.641. The van der Waals surface area contributed by atoms with Crippen LogP contribution in [0.3, 0.4) is 0 Å². The van der Waals surface area contributed by atoms with E-state index < -0.39 is 10.8 Å². The van der Waals surface area contributed by atoms with Gasteiger partial charge in [-0.2, -0.15) is 0 Å². The first-order valence-corrected chi connectivity index (χ1v) is 7.99. The number of aromatic nitrogens is 1. The summed E-state index contributed by atoms with van der Waals surface area (Å²) in [4.78, 5) is 6.72. The van der Waals surface area contributed by atoms with Crippen molar-refractivity contribution in [2.75, 3.05) is 29.5 Å². The Balaban J connectivity index is 2.14. The molecule has 1 saturated heterocycles. The van der Waals surface area contributed by atoms with Crippen molar-refractivity contribution in [1.82, 2.24) is 4.98 Å². The highest BCUT2D eigenvalue weighted by Gasteiger charge is 2.19. The largest absolute Gasteiger partial charge is 0.355 e. The lowest BCUT2D eigenvalue weighted by atomic mass is 10.1. The second kappa shape index (κ2) is 6.29. The van der Waals surface area contributed by atoms with Crippen molar-refractivity contribution in [2.45, 2.75) is 25.8 Å². The van der Waals surface area contributed by atoms with Crippen molar-refractivity contribution >= 4 is 16.6 Å². The molecule has 1 unspecified atom stereocenters. The highest BCUT2D eigenvalue weighted by atomic mass is 32.2. The molecule has 0 aromatic carbocycles. The predicted molar refractivity (Wildman–Crippen MR) is 76.3 cm³/mol. The maximum Gasteiger partial charge on any atom is 0.131 e. The van der Waals surface area contributed by atoms with Crippen LogP contribution in [0, 0.1) is 0 Å². The molecule has 1 aromatic heterocycles. The van der Waals surface area contributed by atoms with Gasteiger partial charge in [0.05, 0.1) is 0 Å². The molecule has 1 aromatic rings. The first-order chi connectivity index (χ1) is 8.70. The standard InChI is InChI=1S/C13H21N3OS/c1-2-12(14)10-11-4-3-5-15-13(11)16-6-8-18(17)9-7-16/h3-5,12H,2,6-10,14H2,1H3. The van der Waals surface area contributed by atoms with Crippen LogP contribution in [-0.4, -0.2) is 39.8 Å². The average molecular weight is 267 g/mol. The van der Waals surface area contributed by atoms with Crippen LogP contribution in [0.5, 0.6) is 0 Å². The Morgan fingerprint density at radius 2 is 2.22 bits per heavy atom. The van der Waals surface area contributed by atoms with Crippen LogP contribution in [0.15, 0.2) is 18.3 Å². The Bertz CT molecular complexity index is 414. The van der Waals surface area contributed by atoms with E-state index in [9.17, 15) is 4.21 Å². The summed E-state index contributed by atoms with van der Waals surface area (Å²) in [7, 11) is -0.648. The van der Waals surface area contributed by atoms with Crippen LogP contribution in [0.25, 0.3) is 0 Å². The fourth-order valence-electron chi connectivity index (χ4n) is 2.15. The third-order valence-corrected chi connectivity index (χ3v) is 4.63. The number of anilines is 1. The van der Waals surface area contributed by atoms with Gasteiger partial charge in [0, 0.05) is 47.6 Å². The minimum Gasteiger partial charge on any atom is -0.355 e. The van der Waals surface area contributed by atoms with Gasteiger partial charge >= 0.3 is 0 Å². The van der Waals surface area contributed by atoms with Gasteiger partial charge in [-0.15, -0.1) is 0 Å². The Labute approximate surface area is 111 Å². The van der Waals surface area contributed by atoms with Crippen molar-refractivity contribution in [3.05, 3.63) is 23.9 Å². The van der Waals surface area contributed by atoms with E-state index in [0.29, 0.717) is 0 Å². The molecule has 1 atom stereocenters. The van der Waals surface area contributed by atoms with E-state index in [1.807, 2.05) is 12.3 Å². The highest BCUT2D eigenvalue weighted by Crippen LogP contribution is 2.20. The molecule has 100 valence electrons. The van der Waals surface area contributed by atoms with E-state index in [1.165, 1.54) is 5.56 Å². The number of pyridine rings is 1. The summed E-state index contributed by atoms with van der Waals surface area (Å²) in [6.07, 6.45) is 3.65. The maximum absolute atomic E-state index is 11.4. The van der Waals surface area contributed by atoms with Crippen LogP contribution in [0.1, 0.15) is 18.9 Å². The van der Waals surface area contributed by atoms with Crippen LogP contribution in [0.2, 0.25) is 0 Å². The molecule has 1 aliphatic heterocycles. The predicted octanol–water partition coefficient (Wildman–Crippen LogP) is 0.930. The molecular formula is C13H21N3OS. The lowest BCUT2D eigenvalue weighted by Gasteiger charge is -2.29. The Kier molecular flexibility index (Phi) is 4.72. The zero-order valence-corrected chi connectivity index (χ0v) is 11.7. The normalized spacial score (nSPS) is 18.9. The molecule has 0 spiro atoms. The van der Waals surface area contributed by atoms with E-state index in [-0.39, 0.29) is 6.04 Å². The summed E-state index contributed by atoms with van der Waals surface area (Å²) in [5.74, 6) is 2.52. The van der Waals surface area contributed by atoms with Gasteiger partial charge < -0.3 is 10.6 Å². The van der Waals surface area contributed by atoms with Crippen molar-refractivity contribution in [2.24, 2.45) is 5.73 Å². The minimum absolute atomic E-state index is 0.187. The van der Waals surface area contributed by atoms with Crippen molar-refractivity contribution < 1.29 is 4.21 Å². The molecule has 2 heterocycles. The molecular weight excluding hydrogens is 246 g/mol. The fraction of sp³-hybridized carbons (Fsp3) is 0.615. The summed E-state index contributed by atoms with van der Waals surface area (Å²) in [6, 6.07) is 4.25. The fourth-order valence-corrected chi connectivity index (χ4v) is 3.20. The second-order valence-electron chi connectivity index (χ2n) is 4.69. The molecule has 2 N–H and O–H groups in total. The first-order valence-electron chi connectivity index (χ1n) is 6.50. The number of nitrogens with zero attached hydrogens (tertiary/aromatic N) is 2. The first kappa shape index (κ1) is 13.5. The van der Waals surface area contributed by atoms with Crippen LogP contribution in [0.4, 0.5) is 5.82 Å². The maximum atomic E-state index is 11.4. The zero-order chi connectivity index (χ0) is 13.0. The zero-order valence-electron chi connectivity index (χ0n) is 10.8. The van der Waals surface area contributed by atoms with Crippen LogP contribution < -0.4 is 10.6 Å². The van der Waals surface area contributed by atoms with Gasteiger partial charge in [-0.25, -0.2) is 4.98 Å². The topological polar surface area (TPSA) is 59.2 Å². The van der Waals surface area contributed by atoms with Crippen molar-refractivity contribution in [3.63, 3.8) is 0 Å². The molecule has 0 bridgehead atoms. The highest BCUT2D eigenvalue weighted by molar-refractivity contribution is 7.85. The van der Waals surface area contributed by atoms with E-state index >= 15 is 0 Å². The summed E-state index contributed by atoms with van der Waals surface area (Å²) >= 11 is 0. The van der Waals surface area contributed by atoms with E-state index in [4.69, 9.17) is 5.73 Å². The lowest BCUT2D eigenvalue weighted by Crippen LogP contribution is -2.39. The van der Waals surface area contributed by atoms with Crippen LogP contribution >= 0.6 is 0 Å². The third-order valence-electron chi connectivity index (χ3n) is 3.35. The quantitative estimate of drug-likeness (QED) is 0.881. The van der Waals surface area contributed by atoms with Crippen molar-refractivity contribution in [1.29, 1.82) is 0 Å². The third kappa shape index (κ3) is 3.29. The molecule has 2 rings (SSSR count). The Hall–Kier alpha value is -0.940. The molecule has 0 amide bonds. The molecule has 0 saturated carbocycles. The summed E-state index contributed by atoms with van der Waals surface area (Å²) in [5, 5.41) is 0. The van der Waals surface area contributed by atoms with Crippen LogP contribution in [-0.2, 0) is 17.2 Å². The van der Waals surface area contributed by atoms with Gasteiger partial charge in [0.2, 0.25) is 0 Å². The van der Waals surface area contributed by atoms with Gasteiger partial charge in [-0.3, -0.25) is 4.21 Å². The molecule has 1 aliphatic rings. The summed E-state index contributed by atoms with van der Waals surface area (Å²) in [6.45, 7) is 3.76. The molecule has 0 aliphatic carbocycles. The van der Waals surface area contributed by atoms with Gasteiger partial charge in [-0.05, 0) is 24.5 Å².